The first kappa shape index (κ1) is 121. The maximum Gasteiger partial charge on any atom is 0.414 e. The van der Waals surface area contributed by atoms with Gasteiger partial charge in [-0.2, -0.15) is 26.3 Å². The topological polar surface area (TPSA) is 212 Å². The van der Waals surface area contributed by atoms with E-state index < -0.39 is 64.4 Å². The second-order valence-corrected chi connectivity index (χ2v) is 61.6. The Morgan fingerprint density at radius 3 is 1.07 bits per heavy atom. The number of hydrogen-bond acceptors (Lipinski definition) is 11. The molecule has 0 aromatic heterocycles. The maximum atomic E-state index is 13.2. The molecule has 20 rings (SSSR count). The average molecular weight is 2110 g/mol. The predicted molar refractivity (Wildman–Crippen MR) is 594 cm³/mol. The second kappa shape index (κ2) is 45.9. The molecule has 20 aliphatic rings. The minimum Gasteiger partial charge on any atom is -0.393 e. The Kier molecular flexibility index (Phi) is 37.0. The van der Waals surface area contributed by atoms with Gasteiger partial charge in [-0.1, -0.05) is 150 Å². The molecule has 17 heteroatoms. The maximum absolute atomic E-state index is 13.2. The summed E-state index contributed by atoms with van der Waals surface area (Å²) >= 11 is 0. The highest BCUT2D eigenvalue weighted by Crippen LogP contribution is 2.76. The Morgan fingerprint density at radius 2 is 0.673 bits per heavy atom. The van der Waals surface area contributed by atoms with Gasteiger partial charge in [-0.25, -0.2) is 0 Å². The fourth-order valence-corrected chi connectivity index (χ4v) is 45.0. The van der Waals surface area contributed by atoms with Crippen LogP contribution in [0.15, 0.2) is 11.6 Å². The summed E-state index contributed by atoms with van der Waals surface area (Å²) in [5, 5.41) is 107. The van der Waals surface area contributed by atoms with Crippen molar-refractivity contribution in [2.75, 3.05) is 13.7 Å². The van der Waals surface area contributed by atoms with Crippen molar-refractivity contribution in [3.05, 3.63) is 11.6 Å². The molecule has 0 aromatic carbocycles. The van der Waals surface area contributed by atoms with E-state index in [9.17, 15) is 77.4 Å². The van der Waals surface area contributed by atoms with E-state index in [1.165, 1.54) is 128 Å². The molecule has 0 aliphatic heterocycles. The van der Waals surface area contributed by atoms with Gasteiger partial charge >= 0.3 is 12.4 Å². The van der Waals surface area contributed by atoms with E-state index >= 15 is 0 Å². The van der Waals surface area contributed by atoms with Crippen LogP contribution in [0.3, 0.4) is 0 Å². The van der Waals surface area contributed by atoms with Gasteiger partial charge in [-0.05, 0) is 580 Å². The summed E-state index contributed by atoms with van der Waals surface area (Å²) in [5.41, 5.74) is 1.37. The number of methoxy groups -OCH3 is 1. The van der Waals surface area contributed by atoms with Gasteiger partial charge < -0.3 is 55.8 Å². The fourth-order valence-electron chi connectivity index (χ4n) is 45.0. The monoisotopic (exact) mass is 2110 g/mol. The number of fused-ring (bicyclic) bond motifs is 25. The SMILES string of the molecule is CC#CC[C@H](O)[C@@H](C)[C@H]1CC[C@H]2[C@@H]3CC[C@H]4C[C@](O)(CC)CC[C@]4(C)[C@H]3CC[C@]12C.CC(C)CC[C@H](O)[C@@H](C)[C@H]1CC[C@H]2[C@@H]3CC[C@H]4C[C@@](C)(O)CC[C@]4(C)[C@H]3CC[C@]12C.CC[C@]1(O)CC[C@@]2(C)[C@H](CC[C@@H]3[C@@H]2CC[C@]2(C)[C@@H]([C@H](C)[C@@H](O)C(F)(F)F)CC[C@@H]32)C1.CC[C@]1(O)CC[C@H]2C(=CC[C@@H]3[C@@H]2CC[C@]2(C)[C@@H]([C@H](C)[C@@H](O)CCC(C)C)CC[C@@H]32)C1.COC[C@]1(O)CC[C@H]2[C@H](CC[C@@H]3[C@@H]2CC[C@]2(C)[C@@H]([C@H](C)[C@@H](O)C(F)(F)F)CC[C@@H]32)C1. The molecule has 19 fully saturated rings. The average Bonchev–Trinajstić information content (AvgIpc) is 1.39. The highest BCUT2D eigenvalue weighted by atomic mass is 19.4. The normalized spacial score (nSPS) is 49.0. The predicted octanol–water partition coefficient (Wildman–Crippen LogP) is 31.3. The lowest BCUT2D eigenvalue weighted by molar-refractivity contribution is -0.228. The number of allylic oxidation sites excluding steroid dienone is 1. The molecule has 0 radical (unpaired) electrons. The van der Waals surface area contributed by atoms with Crippen LogP contribution in [0.25, 0.3) is 0 Å². The smallest absolute Gasteiger partial charge is 0.393 e. The summed E-state index contributed by atoms with van der Waals surface area (Å²) in [6.45, 7) is 49.9. The molecule has 0 saturated heterocycles. The zero-order chi connectivity index (χ0) is 109. The van der Waals surface area contributed by atoms with Gasteiger partial charge in [0.2, 0.25) is 0 Å². The number of hydrogen-bond donors (Lipinski definition) is 10. The van der Waals surface area contributed by atoms with Crippen molar-refractivity contribution in [1.29, 1.82) is 0 Å². The molecule has 11 nitrogen and oxygen atoms in total. The lowest BCUT2D eigenvalue weighted by atomic mass is 9.43. The lowest BCUT2D eigenvalue weighted by Crippen LogP contribution is -2.56. The van der Waals surface area contributed by atoms with Crippen LogP contribution in [-0.2, 0) is 4.74 Å². The fraction of sp³-hybridized carbons (Fsp3) is 0.970. The van der Waals surface area contributed by atoms with E-state index in [2.05, 4.69) is 149 Å². The zero-order valence-electron chi connectivity index (χ0n) is 99.1. The molecule has 20 aliphatic carbocycles. The van der Waals surface area contributed by atoms with Crippen LogP contribution in [0, 0.1) is 250 Å². The van der Waals surface area contributed by atoms with Crippen LogP contribution in [0.1, 0.15) is 486 Å². The van der Waals surface area contributed by atoms with Crippen molar-refractivity contribution >= 4 is 0 Å². The highest BCUT2D eigenvalue weighted by Gasteiger charge is 2.70. The molecule has 0 amide bonds. The van der Waals surface area contributed by atoms with Crippen LogP contribution < -0.4 is 0 Å². The van der Waals surface area contributed by atoms with E-state index in [-0.39, 0.29) is 46.4 Å². The second-order valence-electron chi connectivity index (χ2n) is 61.6. The third-order valence-corrected chi connectivity index (χ3v) is 54.3. The molecule has 0 heterocycles. The molecule has 0 unspecified atom stereocenters. The minimum atomic E-state index is -4.54. The minimum absolute atomic E-state index is 0.0536. The van der Waals surface area contributed by atoms with E-state index in [0.717, 1.165) is 264 Å². The summed E-state index contributed by atoms with van der Waals surface area (Å²) < 4.78 is 84.5. The highest BCUT2D eigenvalue weighted by molar-refractivity contribution is 5.24. The lowest BCUT2D eigenvalue weighted by Gasteiger charge is -2.62. The van der Waals surface area contributed by atoms with Crippen LogP contribution in [0.2, 0.25) is 0 Å². The molecular formula is C133H224F6O11. The summed E-state index contributed by atoms with van der Waals surface area (Å²) in [6.07, 6.45) is 46.5. The Balaban J connectivity index is 0.000000133. The largest absolute Gasteiger partial charge is 0.414 e. The number of alkyl halides is 6. The third kappa shape index (κ3) is 22.9. The third-order valence-electron chi connectivity index (χ3n) is 54.3. The van der Waals surface area contributed by atoms with Crippen molar-refractivity contribution in [3.8, 4) is 11.8 Å². The van der Waals surface area contributed by atoms with Crippen molar-refractivity contribution in [1.82, 2.24) is 0 Å². The molecule has 150 heavy (non-hydrogen) atoms. The number of ether oxygens (including phenoxy) is 1. The Labute approximate surface area is 909 Å². The van der Waals surface area contributed by atoms with Gasteiger partial charge in [0.15, 0.2) is 12.2 Å². The van der Waals surface area contributed by atoms with Crippen molar-refractivity contribution < 1.29 is 82.1 Å². The number of halogens is 6. The van der Waals surface area contributed by atoms with E-state index in [0.29, 0.717) is 147 Å². The van der Waals surface area contributed by atoms with Crippen LogP contribution >= 0.6 is 0 Å². The first-order valence-electron chi connectivity index (χ1n) is 63.9. The summed E-state index contributed by atoms with van der Waals surface area (Å²) in [5.74, 6) is 24.1. The Bertz CT molecular complexity index is 4500. The van der Waals surface area contributed by atoms with Gasteiger partial charge in [-0.3, -0.25) is 0 Å². The molecule has 0 aromatic rings. The first-order valence-corrected chi connectivity index (χ1v) is 63.9. The van der Waals surface area contributed by atoms with Crippen molar-refractivity contribution in [2.45, 2.75) is 557 Å². The molecule has 10 N–H and O–H groups in total. The van der Waals surface area contributed by atoms with Crippen molar-refractivity contribution in [3.63, 3.8) is 0 Å². The van der Waals surface area contributed by atoms with Crippen LogP contribution in [-0.4, -0.2) is 136 Å². The quantitative estimate of drug-likeness (QED) is 0.0280. The molecule has 19 saturated carbocycles. The number of rotatable bonds is 22. The molecule has 0 spiro atoms. The number of aliphatic hydroxyl groups is 10. The standard InChI is InChI=1S/C28H50O2.C28H48O2.C28H46O2.C25H41F3O2.C24H39F3O3/c1-18(2)7-12-25(29)19(3)22-10-11-23-21-9-8-20-17-26(4,30)15-16-27(20,5)24(21)13-14-28(22,23)6;1-6-28(30)16-14-21-20(17-28)8-9-23-22(21)13-15-27(5)24(10-11-25(23)27)19(4)26(29)12-7-18(2)3;1-6-8-9-25(29)19(3)22-12-13-23-21-11-10-20-18-28(30,7-2)17-16-26(20,4)24(21)14-15-27(22,23)5;1-5-24(30)13-12-22(3)16(14-24)6-7-17-19-9-8-18(15(2)21(29)25(26,27)28)23(19,4)11-10-20(17)22;1-14(21(28)24(25,26)27)19-6-7-20-18-5-4-15-12-23(29,13-30-3)11-9-16(15)17(18)8-10-22(19,20)2/h18-25,29-30H,7-17H2,1-6H3;8,18-19,21-26,29-30H,6-7,9-17H2,1-5H3;19-25,29-30H,7,9-18H2,1-5H3;15-21,29-30H,5-14H2,1-4H3;14-21,28-29H,4-13H2,1-3H3/t19-,20-,21-,22+,23-,24-,25-,26-,27-,28+;19-,21-,22+,23+,24+,25-,26-,27+,28-;19-,20-,21-,22+,23-,24-,25-,26-,27+,28-;15-,16+,17-,18+,19-,20-,21+,22-,23+,24-;14-,15+,16-,17+,18+,19+,20-,21+,22+,23-/m00000/s1. The van der Waals surface area contributed by atoms with Gasteiger partial charge in [0.25, 0.3) is 0 Å². The Morgan fingerprint density at radius 1 is 0.327 bits per heavy atom. The molecule has 0 bridgehead atoms. The summed E-state index contributed by atoms with van der Waals surface area (Å²) in [7, 11) is 1.65. The van der Waals surface area contributed by atoms with Gasteiger partial charge in [-0.15, -0.1) is 11.8 Å². The first-order chi connectivity index (χ1) is 70.2. The van der Waals surface area contributed by atoms with E-state index in [1.807, 2.05) is 6.92 Å². The van der Waals surface area contributed by atoms with Crippen LogP contribution in [0.4, 0.5) is 26.3 Å². The van der Waals surface area contributed by atoms with E-state index in [1.54, 1.807) is 26.5 Å². The number of aliphatic hydroxyl groups excluding tert-OH is 5. The zero-order valence-corrected chi connectivity index (χ0v) is 99.1. The molecule has 49 atom stereocenters. The van der Waals surface area contributed by atoms with Gasteiger partial charge in [0, 0.05) is 13.5 Å². The van der Waals surface area contributed by atoms with Gasteiger partial charge in [0.1, 0.15) is 0 Å². The molecule has 864 valence electrons. The summed E-state index contributed by atoms with van der Waals surface area (Å²) in [4.78, 5) is 0. The molecular weight excluding hydrogens is 1890 g/mol. The van der Waals surface area contributed by atoms with E-state index in [4.69, 9.17) is 4.74 Å². The summed E-state index contributed by atoms with van der Waals surface area (Å²) in [6, 6.07) is 0. The van der Waals surface area contributed by atoms with Gasteiger partial charge in [0.05, 0.1) is 52.9 Å². The van der Waals surface area contributed by atoms with Crippen LogP contribution in [0.5, 0.6) is 0 Å². The van der Waals surface area contributed by atoms with Crippen molar-refractivity contribution in [2.24, 2.45) is 239 Å². The Hall–Kier alpha value is -1.56.